The number of thioether (sulfide) groups is 1. The number of halogens is 1. The van der Waals surface area contributed by atoms with Crippen LogP contribution in [0.3, 0.4) is 0 Å². The van der Waals surface area contributed by atoms with Gasteiger partial charge in [0, 0.05) is 28.3 Å². The number of hydrogen-bond donors (Lipinski definition) is 0. The van der Waals surface area contributed by atoms with E-state index in [1.54, 1.807) is 41.2 Å². The van der Waals surface area contributed by atoms with Crippen molar-refractivity contribution >= 4 is 34.7 Å². The molecule has 1 aliphatic heterocycles. The Morgan fingerprint density at radius 1 is 1.24 bits per heavy atom. The van der Waals surface area contributed by atoms with Crippen LogP contribution in [0, 0.1) is 12.7 Å². The number of aryl methyl sites for hydroxylation is 1. The van der Waals surface area contributed by atoms with Gasteiger partial charge >= 0.3 is 0 Å². The summed E-state index contributed by atoms with van der Waals surface area (Å²) in [6.45, 7) is 2.66. The molecule has 0 fully saturated rings. The van der Waals surface area contributed by atoms with E-state index in [-0.39, 0.29) is 11.7 Å². The van der Waals surface area contributed by atoms with Crippen LogP contribution in [-0.4, -0.2) is 23.2 Å². The summed E-state index contributed by atoms with van der Waals surface area (Å²) < 4.78 is 13.2. The van der Waals surface area contributed by atoms with Crippen LogP contribution in [0.4, 0.5) is 10.1 Å². The second kappa shape index (κ2) is 6.61. The van der Waals surface area contributed by atoms with E-state index in [0.29, 0.717) is 11.4 Å². The van der Waals surface area contributed by atoms with Crippen molar-refractivity contribution in [3.8, 4) is 11.1 Å². The standard InChI is InChI=1S/C19H15FN2OS2/c1-12-15(13-2-4-14(20)5-3-13)10-18(25-12)19(23)22-8-9-24-17-6-7-21-11-16(17)22/h2-7,10-11H,8-9H2,1H3. The molecule has 0 spiro atoms. The molecule has 6 heteroatoms. The zero-order valence-corrected chi connectivity index (χ0v) is 15.2. The lowest BCUT2D eigenvalue weighted by Crippen LogP contribution is -2.35. The summed E-state index contributed by atoms with van der Waals surface area (Å²) in [4.78, 5) is 21.8. The molecular weight excluding hydrogens is 355 g/mol. The highest BCUT2D eigenvalue weighted by molar-refractivity contribution is 7.99. The molecule has 3 nitrogen and oxygen atoms in total. The monoisotopic (exact) mass is 370 g/mol. The summed E-state index contributed by atoms with van der Waals surface area (Å²) in [7, 11) is 0. The predicted molar refractivity (Wildman–Crippen MR) is 101 cm³/mol. The van der Waals surface area contributed by atoms with Gasteiger partial charge in [0.2, 0.25) is 0 Å². The minimum Gasteiger partial charge on any atom is -0.304 e. The molecule has 4 rings (SSSR count). The Balaban J connectivity index is 1.68. The Labute approximate surface area is 153 Å². The van der Waals surface area contributed by atoms with E-state index in [2.05, 4.69) is 4.98 Å². The number of nitrogens with zero attached hydrogens (tertiary/aromatic N) is 2. The third-order valence-corrected chi connectivity index (χ3v) is 6.23. The predicted octanol–water partition coefficient (Wildman–Crippen LogP) is 5.01. The highest BCUT2D eigenvalue weighted by Crippen LogP contribution is 2.37. The van der Waals surface area contributed by atoms with Crippen LogP contribution in [0.15, 0.2) is 53.7 Å². The quantitative estimate of drug-likeness (QED) is 0.636. The highest BCUT2D eigenvalue weighted by atomic mass is 32.2. The van der Waals surface area contributed by atoms with Crippen LogP contribution in [0.5, 0.6) is 0 Å². The maximum atomic E-state index is 13.2. The third-order valence-electron chi connectivity index (χ3n) is 4.15. The molecule has 0 saturated carbocycles. The minimum atomic E-state index is -0.261. The molecule has 3 heterocycles. The third kappa shape index (κ3) is 3.07. The molecule has 0 bridgehead atoms. The maximum absolute atomic E-state index is 13.2. The number of rotatable bonds is 2. The van der Waals surface area contributed by atoms with Gasteiger partial charge < -0.3 is 4.90 Å². The van der Waals surface area contributed by atoms with Gasteiger partial charge in [-0.1, -0.05) is 12.1 Å². The van der Waals surface area contributed by atoms with Gasteiger partial charge in [-0.25, -0.2) is 4.39 Å². The molecule has 0 radical (unpaired) electrons. The van der Waals surface area contributed by atoms with E-state index in [9.17, 15) is 9.18 Å². The topological polar surface area (TPSA) is 33.2 Å². The Kier molecular flexibility index (Phi) is 4.31. The second-order valence-corrected chi connectivity index (χ2v) is 8.13. The number of fused-ring (bicyclic) bond motifs is 1. The molecule has 0 N–H and O–H groups in total. The molecule has 1 amide bonds. The van der Waals surface area contributed by atoms with Crippen molar-refractivity contribution in [3.63, 3.8) is 0 Å². The van der Waals surface area contributed by atoms with Gasteiger partial charge in [0.05, 0.1) is 16.8 Å². The summed E-state index contributed by atoms with van der Waals surface area (Å²) in [5.41, 5.74) is 2.77. The van der Waals surface area contributed by atoms with E-state index in [4.69, 9.17) is 0 Å². The SMILES string of the molecule is Cc1sc(C(=O)N2CCSc3ccncc32)cc1-c1ccc(F)cc1. The van der Waals surface area contributed by atoms with E-state index >= 15 is 0 Å². The summed E-state index contributed by atoms with van der Waals surface area (Å²) in [6, 6.07) is 10.2. The van der Waals surface area contributed by atoms with E-state index in [0.717, 1.165) is 32.3 Å². The minimum absolute atomic E-state index is 0.00369. The zero-order valence-electron chi connectivity index (χ0n) is 13.5. The molecule has 126 valence electrons. The van der Waals surface area contributed by atoms with Gasteiger partial charge in [0.25, 0.3) is 5.91 Å². The van der Waals surface area contributed by atoms with E-state index < -0.39 is 0 Å². The fraction of sp³-hybridized carbons (Fsp3) is 0.158. The lowest BCUT2D eigenvalue weighted by Gasteiger charge is -2.28. The number of carbonyl (C=O) groups is 1. The highest BCUT2D eigenvalue weighted by Gasteiger charge is 2.26. The molecule has 25 heavy (non-hydrogen) atoms. The van der Waals surface area contributed by atoms with Gasteiger partial charge in [0.15, 0.2) is 0 Å². The summed E-state index contributed by atoms with van der Waals surface area (Å²) in [5, 5.41) is 0. The lowest BCUT2D eigenvalue weighted by molar-refractivity contribution is 0.0991. The average Bonchev–Trinajstić information content (AvgIpc) is 3.03. The Bertz CT molecular complexity index is 937. The van der Waals surface area contributed by atoms with Gasteiger partial charge in [-0.2, -0.15) is 0 Å². The van der Waals surface area contributed by atoms with Crippen LogP contribution in [-0.2, 0) is 0 Å². The summed E-state index contributed by atoms with van der Waals surface area (Å²) in [5.74, 6) is 0.608. The molecular formula is C19H15FN2OS2. The number of amides is 1. The Morgan fingerprint density at radius 3 is 2.84 bits per heavy atom. The van der Waals surface area contributed by atoms with Gasteiger partial charge in [-0.05, 0) is 42.3 Å². The van der Waals surface area contributed by atoms with Crippen LogP contribution in [0.2, 0.25) is 0 Å². The first-order chi connectivity index (χ1) is 12.1. The lowest BCUT2D eigenvalue weighted by atomic mass is 10.1. The number of aromatic nitrogens is 1. The first kappa shape index (κ1) is 16.3. The summed E-state index contributed by atoms with van der Waals surface area (Å²) >= 11 is 3.22. The molecule has 1 aliphatic rings. The van der Waals surface area contributed by atoms with Crippen LogP contribution < -0.4 is 4.90 Å². The number of pyridine rings is 1. The number of benzene rings is 1. The first-order valence-electron chi connectivity index (χ1n) is 7.88. The van der Waals surface area contributed by atoms with Crippen LogP contribution in [0.25, 0.3) is 11.1 Å². The van der Waals surface area contributed by atoms with Crippen molar-refractivity contribution in [2.45, 2.75) is 11.8 Å². The summed E-state index contributed by atoms with van der Waals surface area (Å²) in [6.07, 6.45) is 3.50. The number of anilines is 1. The van der Waals surface area contributed by atoms with Crippen molar-refractivity contribution in [1.82, 2.24) is 4.98 Å². The second-order valence-electron chi connectivity index (χ2n) is 5.74. The van der Waals surface area contributed by atoms with Crippen molar-refractivity contribution in [2.24, 2.45) is 0 Å². The van der Waals surface area contributed by atoms with Crippen molar-refractivity contribution in [3.05, 3.63) is 64.4 Å². The number of thiophene rings is 1. The number of hydrogen-bond acceptors (Lipinski definition) is 4. The number of carbonyl (C=O) groups excluding carboxylic acids is 1. The molecule has 2 aromatic heterocycles. The fourth-order valence-corrected chi connectivity index (χ4v) is 4.87. The maximum Gasteiger partial charge on any atom is 0.268 e. The van der Waals surface area contributed by atoms with Crippen molar-refractivity contribution in [2.75, 3.05) is 17.2 Å². The van der Waals surface area contributed by atoms with Crippen LogP contribution >= 0.6 is 23.1 Å². The Hall–Kier alpha value is -2.18. The fourth-order valence-electron chi connectivity index (χ4n) is 2.91. The van der Waals surface area contributed by atoms with Gasteiger partial charge in [0.1, 0.15) is 5.82 Å². The molecule has 0 saturated heterocycles. The molecule has 0 aliphatic carbocycles. The van der Waals surface area contributed by atoms with E-state index in [1.165, 1.54) is 23.5 Å². The Morgan fingerprint density at radius 2 is 2.04 bits per heavy atom. The molecule has 1 aromatic carbocycles. The van der Waals surface area contributed by atoms with E-state index in [1.807, 2.05) is 19.1 Å². The van der Waals surface area contributed by atoms with Crippen molar-refractivity contribution in [1.29, 1.82) is 0 Å². The normalized spacial score (nSPS) is 13.6. The average molecular weight is 370 g/mol. The van der Waals surface area contributed by atoms with Crippen LogP contribution in [0.1, 0.15) is 14.5 Å². The largest absolute Gasteiger partial charge is 0.304 e. The first-order valence-corrected chi connectivity index (χ1v) is 9.69. The smallest absolute Gasteiger partial charge is 0.268 e. The molecule has 0 unspecified atom stereocenters. The van der Waals surface area contributed by atoms with Gasteiger partial charge in [-0.15, -0.1) is 23.1 Å². The molecule has 3 aromatic rings. The van der Waals surface area contributed by atoms with Gasteiger partial charge in [-0.3, -0.25) is 9.78 Å². The molecule has 0 atom stereocenters. The van der Waals surface area contributed by atoms with Crippen molar-refractivity contribution < 1.29 is 9.18 Å². The zero-order chi connectivity index (χ0) is 17.4.